The lowest BCUT2D eigenvalue weighted by Crippen LogP contribution is -2.42. The van der Waals surface area contributed by atoms with Gasteiger partial charge in [0.25, 0.3) is 5.91 Å². The van der Waals surface area contributed by atoms with Gasteiger partial charge in [-0.2, -0.15) is 13.2 Å². The summed E-state index contributed by atoms with van der Waals surface area (Å²) in [6.45, 7) is 6.12. The molecule has 0 saturated carbocycles. The van der Waals surface area contributed by atoms with E-state index in [1.54, 1.807) is 11.0 Å². The Labute approximate surface area is 209 Å². The highest BCUT2D eigenvalue weighted by Crippen LogP contribution is 2.37. The SMILES string of the molecule is CC(C)N(C[C@H]1CN(Cc2cccn2C)C[C@H]1c1cccc(C(F)(F)F)c1)C(=O)c1ccc(F)cc1. The Balaban J connectivity index is 1.63. The van der Waals surface area contributed by atoms with Crippen LogP contribution in [-0.4, -0.2) is 46.0 Å². The van der Waals surface area contributed by atoms with Crippen LogP contribution in [0.5, 0.6) is 0 Å². The summed E-state index contributed by atoms with van der Waals surface area (Å²) < 4.78 is 55.9. The van der Waals surface area contributed by atoms with E-state index >= 15 is 0 Å². The van der Waals surface area contributed by atoms with Gasteiger partial charge in [0.1, 0.15) is 5.82 Å². The molecule has 1 aliphatic rings. The van der Waals surface area contributed by atoms with E-state index in [1.165, 1.54) is 36.4 Å². The molecule has 192 valence electrons. The molecule has 3 aromatic rings. The van der Waals surface area contributed by atoms with Crippen LogP contribution in [0.25, 0.3) is 0 Å². The minimum absolute atomic E-state index is 0.0689. The fraction of sp³-hybridized carbons (Fsp3) is 0.393. The average molecular weight is 502 g/mol. The Kier molecular flexibility index (Phi) is 7.54. The van der Waals surface area contributed by atoms with Crippen molar-refractivity contribution in [2.24, 2.45) is 13.0 Å². The zero-order chi connectivity index (χ0) is 26.0. The number of halogens is 4. The van der Waals surface area contributed by atoms with Crippen molar-refractivity contribution >= 4 is 5.91 Å². The molecule has 1 saturated heterocycles. The van der Waals surface area contributed by atoms with Crippen LogP contribution in [0.2, 0.25) is 0 Å². The third-order valence-corrected chi connectivity index (χ3v) is 7.00. The summed E-state index contributed by atoms with van der Waals surface area (Å²) in [6.07, 6.45) is -2.45. The number of carbonyl (C=O) groups excluding carboxylic acids is 1. The second-order valence-electron chi connectivity index (χ2n) is 9.85. The molecule has 0 radical (unpaired) electrons. The van der Waals surface area contributed by atoms with Gasteiger partial charge in [-0.3, -0.25) is 9.69 Å². The molecule has 1 amide bonds. The van der Waals surface area contributed by atoms with Crippen LogP contribution >= 0.6 is 0 Å². The topological polar surface area (TPSA) is 28.5 Å². The lowest BCUT2D eigenvalue weighted by molar-refractivity contribution is -0.137. The first-order valence-electron chi connectivity index (χ1n) is 12.1. The van der Waals surface area contributed by atoms with Crippen molar-refractivity contribution in [1.29, 1.82) is 0 Å². The Hall–Kier alpha value is -3.13. The Bertz CT molecular complexity index is 1190. The smallest absolute Gasteiger partial charge is 0.353 e. The molecule has 0 N–H and O–H groups in total. The number of likely N-dealkylation sites (tertiary alicyclic amines) is 1. The van der Waals surface area contributed by atoms with E-state index < -0.39 is 17.6 Å². The van der Waals surface area contributed by atoms with Crippen molar-refractivity contribution in [2.75, 3.05) is 19.6 Å². The number of aryl methyl sites for hydroxylation is 1. The van der Waals surface area contributed by atoms with Crippen molar-refractivity contribution in [3.8, 4) is 0 Å². The molecule has 2 heterocycles. The first kappa shape index (κ1) is 25.9. The lowest BCUT2D eigenvalue weighted by Gasteiger charge is -2.32. The summed E-state index contributed by atoms with van der Waals surface area (Å²) in [7, 11) is 1.97. The van der Waals surface area contributed by atoms with Crippen molar-refractivity contribution in [1.82, 2.24) is 14.4 Å². The van der Waals surface area contributed by atoms with Crippen LogP contribution in [0.15, 0.2) is 66.9 Å². The number of nitrogens with zero attached hydrogens (tertiary/aromatic N) is 3. The van der Waals surface area contributed by atoms with Crippen LogP contribution in [0, 0.1) is 11.7 Å². The van der Waals surface area contributed by atoms with Crippen molar-refractivity contribution in [3.05, 3.63) is 95.1 Å². The Morgan fingerprint density at radius 3 is 2.39 bits per heavy atom. The van der Waals surface area contributed by atoms with Crippen molar-refractivity contribution < 1.29 is 22.4 Å². The second kappa shape index (κ2) is 10.5. The quantitative estimate of drug-likeness (QED) is 0.375. The minimum Gasteiger partial charge on any atom is -0.353 e. The van der Waals surface area contributed by atoms with Gasteiger partial charge in [-0.25, -0.2) is 4.39 Å². The van der Waals surface area contributed by atoms with Gasteiger partial charge in [0, 0.05) is 62.6 Å². The minimum atomic E-state index is -4.42. The molecule has 8 heteroatoms. The molecule has 1 aromatic heterocycles. The van der Waals surface area contributed by atoms with Gasteiger partial charge in [-0.15, -0.1) is 0 Å². The van der Waals surface area contributed by atoms with E-state index in [2.05, 4.69) is 4.90 Å². The molecule has 0 aliphatic carbocycles. The number of amides is 1. The summed E-state index contributed by atoms with van der Waals surface area (Å²) in [6, 6.07) is 14.9. The van der Waals surface area contributed by atoms with Gasteiger partial charge in [0.15, 0.2) is 0 Å². The standard InChI is InChI=1S/C28H31F4N3O/c1-19(2)35(27(36)20-9-11-24(29)12-10-20)16-22-15-34(17-25-8-5-13-33(25)3)18-26(22)21-6-4-7-23(14-21)28(30,31)32/h4-14,19,22,26H,15-18H2,1-3H3/t22-,26+/m1/s1. The van der Waals surface area contributed by atoms with Gasteiger partial charge in [0.2, 0.25) is 0 Å². The summed E-state index contributed by atoms with van der Waals surface area (Å²) >= 11 is 0. The van der Waals surface area contributed by atoms with Gasteiger partial charge in [-0.05, 0) is 67.8 Å². The van der Waals surface area contributed by atoms with Gasteiger partial charge >= 0.3 is 6.18 Å². The summed E-state index contributed by atoms with van der Waals surface area (Å²) in [5, 5.41) is 0. The lowest BCUT2D eigenvalue weighted by atomic mass is 9.87. The number of carbonyl (C=O) groups is 1. The van der Waals surface area contributed by atoms with Gasteiger partial charge < -0.3 is 9.47 Å². The van der Waals surface area contributed by atoms with E-state index in [1.807, 2.05) is 43.8 Å². The molecule has 2 aromatic carbocycles. The maximum absolute atomic E-state index is 13.5. The fourth-order valence-corrected chi connectivity index (χ4v) is 5.03. The molecular formula is C28H31F4N3O. The Morgan fingerprint density at radius 2 is 1.78 bits per heavy atom. The van der Waals surface area contributed by atoms with Gasteiger partial charge in [0.05, 0.1) is 5.56 Å². The van der Waals surface area contributed by atoms with Crippen LogP contribution < -0.4 is 0 Å². The molecule has 2 atom stereocenters. The van der Waals surface area contributed by atoms with E-state index in [-0.39, 0.29) is 23.8 Å². The summed E-state index contributed by atoms with van der Waals surface area (Å²) in [5.41, 5.74) is 1.46. The van der Waals surface area contributed by atoms with Crippen LogP contribution in [0.3, 0.4) is 0 Å². The second-order valence-corrected chi connectivity index (χ2v) is 9.85. The normalized spacial score (nSPS) is 18.7. The number of benzene rings is 2. The fourth-order valence-electron chi connectivity index (χ4n) is 5.03. The summed E-state index contributed by atoms with van der Waals surface area (Å²) in [4.78, 5) is 17.3. The predicted octanol–water partition coefficient (Wildman–Crippen LogP) is 5.95. The molecule has 1 aliphatic heterocycles. The first-order chi connectivity index (χ1) is 17.0. The summed E-state index contributed by atoms with van der Waals surface area (Å²) in [5.74, 6) is -0.872. The van der Waals surface area contributed by atoms with Crippen molar-refractivity contribution in [3.63, 3.8) is 0 Å². The van der Waals surface area contributed by atoms with E-state index in [0.717, 1.165) is 11.8 Å². The number of alkyl halides is 3. The third-order valence-electron chi connectivity index (χ3n) is 7.00. The monoisotopic (exact) mass is 501 g/mol. The highest BCUT2D eigenvalue weighted by Gasteiger charge is 2.38. The molecule has 4 rings (SSSR count). The van der Waals surface area contributed by atoms with E-state index in [9.17, 15) is 22.4 Å². The molecule has 0 bridgehead atoms. The highest BCUT2D eigenvalue weighted by atomic mass is 19.4. The zero-order valence-electron chi connectivity index (χ0n) is 20.7. The average Bonchev–Trinajstić information content (AvgIpc) is 3.42. The number of hydrogen-bond donors (Lipinski definition) is 0. The Morgan fingerprint density at radius 1 is 1.06 bits per heavy atom. The first-order valence-corrected chi connectivity index (χ1v) is 12.1. The highest BCUT2D eigenvalue weighted by molar-refractivity contribution is 5.94. The maximum Gasteiger partial charge on any atom is 0.416 e. The van der Waals surface area contributed by atoms with Crippen molar-refractivity contribution in [2.45, 2.75) is 38.5 Å². The number of rotatable bonds is 7. The van der Waals surface area contributed by atoms with E-state index in [4.69, 9.17) is 0 Å². The molecule has 0 unspecified atom stereocenters. The number of aromatic nitrogens is 1. The molecule has 4 nitrogen and oxygen atoms in total. The zero-order valence-corrected chi connectivity index (χ0v) is 20.7. The molecule has 1 fully saturated rings. The van der Waals surface area contributed by atoms with Gasteiger partial charge in [-0.1, -0.05) is 18.2 Å². The predicted molar refractivity (Wildman–Crippen MR) is 131 cm³/mol. The molecule has 36 heavy (non-hydrogen) atoms. The number of hydrogen-bond acceptors (Lipinski definition) is 2. The largest absolute Gasteiger partial charge is 0.416 e. The van der Waals surface area contributed by atoms with E-state index in [0.29, 0.717) is 37.3 Å². The van der Waals surface area contributed by atoms with Crippen LogP contribution in [-0.2, 0) is 19.8 Å². The maximum atomic E-state index is 13.5. The molecular weight excluding hydrogens is 470 g/mol. The third kappa shape index (κ3) is 5.81. The van der Waals surface area contributed by atoms with Crippen LogP contribution in [0.1, 0.15) is 46.9 Å². The van der Waals surface area contributed by atoms with Crippen LogP contribution in [0.4, 0.5) is 17.6 Å². The molecule has 0 spiro atoms.